The fourth-order valence-corrected chi connectivity index (χ4v) is 2.30. The maximum atomic E-state index is 11.8. The minimum absolute atomic E-state index is 0.0734. The third-order valence-electron chi connectivity index (χ3n) is 3.64. The highest BCUT2D eigenvalue weighted by molar-refractivity contribution is 6.31. The van der Waals surface area contributed by atoms with Crippen LogP contribution in [-0.2, 0) is 13.1 Å². The number of halogens is 1. The molecule has 0 radical (unpaired) electrons. The highest BCUT2D eigenvalue weighted by Gasteiger charge is 2.09. The summed E-state index contributed by atoms with van der Waals surface area (Å²) >= 11 is 5.95. The van der Waals surface area contributed by atoms with Gasteiger partial charge in [0.25, 0.3) is 0 Å². The van der Waals surface area contributed by atoms with Crippen molar-refractivity contribution in [1.82, 2.24) is 20.2 Å². The number of nitrogens with one attached hydrogen (secondary N) is 2. The zero-order valence-electron chi connectivity index (χ0n) is 14.3. The minimum atomic E-state index is -0.817. The molecule has 0 aliphatic rings. The summed E-state index contributed by atoms with van der Waals surface area (Å²) in [5, 5.41) is 15.9. The maximum absolute atomic E-state index is 11.8. The highest BCUT2D eigenvalue weighted by atomic mass is 35.5. The van der Waals surface area contributed by atoms with E-state index in [1.165, 1.54) is 0 Å². The number of imidazole rings is 1. The molecule has 0 saturated heterocycles. The Labute approximate surface area is 152 Å². The molecule has 2 amide bonds. The zero-order valence-corrected chi connectivity index (χ0v) is 15.1. The second-order valence-corrected chi connectivity index (χ2v) is 6.02. The summed E-state index contributed by atoms with van der Waals surface area (Å²) in [4.78, 5) is 15.8. The van der Waals surface area contributed by atoms with Gasteiger partial charge in [-0.25, -0.2) is 9.78 Å². The quantitative estimate of drug-likeness (QED) is 0.667. The van der Waals surface area contributed by atoms with Gasteiger partial charge in [0.15, 0.2) is 0 Å². The average molecular weight is 367 g/mol. The number of urea groups is 1. The Kier molecular flexibility index (Phi) is 7.09. The molecule has 7 nitrogen and oxygen atoms in total. The van der Waals surface area contributed by atoms with Crippen LogP contribution >= 0.6 is 11.6 Å². The number of carbonyl (C=O) groups is 1. The molecule has 0 spiro atoms. The number of carbonyl (C=O) groups excluding carboxylic acids is 1. The predicted molar refractivity (Wildman–Crippen MR) is 95.8 cm³/mol. The molecule has 1 heterocycles. The van der Waals surface area contributed by atoms with E-state index in [-0.39, 0.29) is 19.2 Å². The van der Waals surface area contributed by atoms with Crippen molar-refractivity contribution in [2.75, 3.05) is 13.2 Å². The first kappa shape index (κ1) is 19.1. The van der Waals surface area contributed by atoms with Crippen molar-refractivity contribution in [2.45, 2.75) is 33.0 Å². The molecule has 8 heteroatoms. The summed E-state index contributed by atoms with van der Waals surface area (Å²) in [6.45, 7) is 5.20. The highest BCUT2D eigenvalue weighted by Crippen LogP contribution is 2.21. The van der Waals surface area contributed by atoms with Gasteiger partial charge in [0.1, 0.15) is 18.5 Å². The van der Waals surface area contributed by atoms with Gasteiger partial charge in [0.05, 0.1) is 18.6 Å². The van der Waals surface area contributed by atoms with E-state index in [0.717, 1.165) is 17.8 Å². The van der Waals surface area contributed by atoms with Crippen LogP contribution in [0.15, 0.2) is 30.7 Å². The van der Waals surface area contributed by atoms with Gasteiger partial charge in [-0.3, -0.25) is 0 Å². The van der Waals surface area contributed by atoms with Gasteiger partial charge in [0, 0.05) is 24.3 Å². The second kappa shape index (κ2) is 9.29. The minimum Gasteiger partial charge on any atom is -0.491 e. The number of ether oxygens (including phenoxy) is 1. The van der Waals surface area contributed by atoms with Gasteiger partial charge in [0.2, 0.25) is 0 Å². The van der Waals surface area contributed by atoms with Gasteiger partial charge in [-0.05, 0) is 37.6 Å². The Morgan fingerprint density at radius 1 is 1.44 bits per heavy atom. The third-order valence-corrected chi connectivity index (χ3v) is 4.06. The topological polar surface area (TPSA) is 88.4 Å². The molecule has 1 aromatic carbocycles. The average Bonchev–Trinajstić information content (AvgIpc) is 3.06. The number of aryl methyl sites for hydroxylation is 2. The first-order valence-electron chi connectivity index (χ1n) is 8.07. The van der Waals surface area contributed by atoms with E-state index in [1.807, 2.05) is 18.4 Å². The normalized spacial score (nSPS) is 11.8. The van der Waals surface area contributed by atoms with E-state index in [0.29, 0.717) is 17.3 Å². The molecule has 1 aromatic heterocycles. The number of nitrogens with zero attached hydrogens (tertiary/aromatic N) is 2. The smallest absolute Gasteiger partial charge is 0.315 e. The molecule has 0 unspecified atom stereocenters. The molecule has 2 rings (SSSR count). The molecule has 0 fully saturated rings. The molecule has 0 aliphatic carbocycles. The van der Waals surface area contributed by atoms with Crippen LogP contribution in [0.3, 0.4) is 0 Å². The molecule has 25 heavy (non-hydrogen) atoms. The van der Waals surface area contributed by atoms with Gasteiger partial charge >= 0.3 is 6.03 Å². The summed E-state index contributed by atoms with van der Waals surface area (Å²) < 4.78 is 7.43. The van der Waals surface area contributed by atoms with Crippen LogP contribution in [-0.4, -0.2) is 39.9 Å². The predicted octanol–water partition coefficient (Wildman–Crippen LogP) is 2.10. The largest absolute Gasteiger partial charge is 0.491 e. The lowest BCUT2D eigenvalue weighted by atomic mass is 10.2. The first-order chi connectivity index (χ1) is 12.0. The second-order valence-electron chi connectivity index (χ2n) is 5.61. The van der Waals surface area contributed by atoms with Crippen LogP contribution < -0.4 is 15.4 Å². The Balaban J connectivity index is 1.67. The van der Waals surface area contributed by atoms with Crippen LogP contribution in [0.2, 0.25) is 5.02 Å². The Morgan fingerprint density at radius 3 is 2.96 bits per heavy atom. The number of aliphatic hydroxyl groups is 1. The maximum Gasteiger partial charge on any atom is 0.315 e. The molecule has 2 aromatic rings. The standard InChI is InChI=1S/C17H23ClN4O3/c1-3-22-11-19-7-13(22)8-20-17(24)21-9-14(23)10-25-15-4-5-16(18)12(2)6-15/h4-7,11,14,23H,3,8-10H2,1-2H3,(H2,20,21,24)/t14-/m1/s1. The van der Waals surface area contributed by atoms with Gasteiger partial charge < -0.3 is 25.0 Å². The number of benzene rings is 1. The van der Waals surface area contributed by atoms with Crippen molar-refractivity contribution < 1.29 is 14.6 Å². The lowest BCUT2D eigenvalue weighted by molar-refractivity contribution is 0.108. The molecule has 3 N–H and O–H groups in total. The van der Waals surface area contributed by atoms with E-state index in [9.17, 15) is 9.90 Å². The molecule has 0 saturated carbocycles. The summed E-state index contributed by atoms with van der Waals surface area (Å²) in [5.41, 5.74) is 1.82. The molecule has 1 atom stereocenters. The van der Waals surface area contributed by atoms with Gasteiger partial charge in [-0.15, -0.1) is 0 Å². The van der Waals surface area contributed by atoms with Crippen molar-refractivity contribution in [3.8, 4) is 5.75 Å². The van der Waals surface area contributed by atoms with Crippen LogP contribution in [0, 0.1) is 6.92 Å². The fourth-order valence-electron chi connectivity index (χ4n) is 2.18. The summed E-state index contributed by atoms with van der Waals surface area (Å²) in [5.74, 6) is 0.623. The van der Waals surface area contributed by atoms with Crippen molar-refractivity contribution in [3.63, 3.8) is 0 Å². The first-order valence-corrected chi connectivity index (χ1v) is 8.45. The van der Waals surface area contributed by atoms with Crippen LogP contribution in [0.25, 0.3) is 0 Å². The summed E-state index contributed by atoms with van der Waals surface area (Å²) in [6, 6.07) is 4.92. The monoisotopic (exact) mass is 366 g/mol. The van der Waals surface area contributed by atoms with Crippen LogP contribution in [0.5, 0.6) is 5.75 Å². The van der Waals surface area contributed by atoms with Crippen LogP contribution in [0.1, 0.15) is 18.2 Å². The number of rotatable bonds is 8. The number of aromatic nitrogens is 2. The van der Waals surface area contributed by atoms with Crippen molar-refractivity contribution in [2.24, 2.45) is 0 Å². The van der Waals surface area contributed by atoms with Gasteiger partial charge in [-0.1, -0.05) is 11.6 Å². The number of hydrogen-bond acceptors (Lipinski definition) is 4. The number of amides is 2. The van der Waals surface area contributed by atoms with Crippen LogP contribution in [0.4, 0.5) is 4.79 Å². The third kappa shape index (κ3) is 5.95. The molecule has 0 aliphatic heterocycles. The van der Waals surface area contributed by atoms with E-state index in [1.54, 1.807) is 30.7 Å². The Morgan fingerprint density at radius 2 is 2.24 bits per heavy atom. The van der Waals surface area contributed by atoms with E-state index >= 15 is 0 Å². The molecule has 136 valence electrons. The van der Waals surface area contributed by atoms with E-state index in [2.05, 4.69) is 15.6 Å². The lowest BCUT2D eigenvalue weighted by Gasteiger charge is -2.14. The fraction of sp³-hybridized carbons (Fsp3) is 0.412. The Hall–Kier alpha value is -2.25. The van der Waals surface area contributed by atoms with Crippen molar-refractivity contribution >= 4 is 17.6 Å². The van der Waals surface area contributed by atoms with E-state index in [4.69, 9.17) is 16.3 Å². The van der Waals surface area contributed by atoms with Crippen molar-refractivity contribution in [1.29, 1.82) is 0 Å². The molecule has 0 bridgehead atoms. The zero-order chi connectivity index (χ0) is 18.2. The SMILES string of the molecule is CCn1cncc1CNC(=O)NC[C@@H](O)COc1ccc(Cl)c(C)c1. The summed E-state index contributed by atoms with van der Waals surface area (Å²) in [6.07, 6.45) is 2.61. The lowest BCUT2D eigenvalue weighted by Crippen LogP contribution is -2.41. The number of aliphatic hydroxyl groups excluding tert-OH is 1. The molecular weight excluding hydrogens is 344 g/mol. The van der Waals surface area contributed by atoms with Gasteiger partial charge in [-0.2, -0.15) is 0 Å². The number of hydrogen-bond donors (Lipinski definition) is 3. The van der Waals surface area contributed by atoms with E-state index < -0.39 is 6.10 Å². The molecular formula is C17H23ClN4O3. The summed E-state index contributed by atoms with van der Waals surface area (Å²) in [7, 11) is 0. The Bertz CT molecular complexity index is 705. The van der Waals surface area contributed by atoms with Crippen molar-refractivity contribution in [3.05, 3.63) is 47.0 Å².